The number of hydrogen-bond acceptors (Lipinski definition) is 4. The average molecular weight is 311 g/mol. The van der Waals surface area contributed by atoms with Gasteiger partial charge in [0, 0.05) is 24.0 Å². The molecule has 118 valence electrons. The van der Waals surface area contributed by atoms with Gasteiger partial charge in [0.25, 0.3) is 0 Å². The molecule has 1 N–H and O–H groups in total. The van der Waals surface area contributed by atoms with E-state index in [1.807, 2.05) is 35.0 Å². The van der Waals surface area contributed by atoms with Crippen molar-refractivity contribution < 1.29 is 4.39 Å². The van der Waals surface area contributed by atoms with Crippen molar-refractivity contribution in [2.24, 2.45) is 0 Å². The zero-order valence-corrected chi connectivity index (χ0v) is 12.7. The van der Waals surface area contributed by atoms with Crippen molar-refractivity contribution in [2.75, 3.05) is 5.32 Å². The van der Waals surface area contributed by atoms with E-state index >= 15 is 0 Å². The molecule has 1 saturated carbocycles. The highest BCUT2D eigenvalue weighted by Gasteiger charge is 2.20. The zero-order valence-electron chi connectivity index (χ0n) is 12.7. The fourth-order valence-electron chi connectivity index (χ4n) is 3.08. The maximum absolute atomic E-state index is 13.2. The van der Waals surface area contributed by atoms with E-state index in [2.05, 4.69) is 20.4 Å². The van der Waals surface area contributed by atoms with Crippen molar-refractivity contribution in [1.29, 1.82) is 0 Å². The second kappa shape index (κ2) is 5.95. The first-order valence-electron chi connectivity index (χ1n) is 7.95. The summed E-state index contributed by atoms with van der Waals surface area (Å²) in [6.07, 6.45) is 7.65. The number of nitrogens with one attached hydrogen (secondary N) is 1. The van der Waals surface area contributed by atoms with Crippen LogP contribution in [0.15, 0.2) is 42.9 Å². The molecule has 0 bridgehead atoms. The maximum Gasteiger partial charge on any atom is 0.154 e. The van der Waals surface area contributed by atoms with E-state index in [1.165, 1.54) is 0 Å². The summed E-state index contributed by atoms with van der Waals surface area (Å²) >= 11 is 0. The zero-order chi connectivity index (χ0) is 15.6. The van der Waals surface area contributed by atoms with Crippen LogP contribution in [0.25, 0.3) is 16.9 Å². The van der Waals surface area contributed by atoms with Crippen molar-refractivity contribution in [3.05, 3.63) is 42.9 Å². The van der Waals surface area contributed by atoms with Gasteiger partial charge in [-0.15, -0.1) is 5.10 Å². The lowest BCUT2D eigenvalue weighted by Gasteiger charge is -2.25. The average Bonchev–Trinajstić information content (AvgIpc) is 3.01. The van der Waals surface area contributed by atoms with Gasteiger partial charge >= 0.3 is 0 Å². The molecule has 0 amide bonds. The molecule has 1 aliphatic carbocycles. The molecule has 0 saturated heterocycles. The Morgan fingerprint density at radius 1 is 1.04 bits per heavy atom. The van der Waals surface area contributed by atoms with Gasteiger partial charge in [0.15, 0.2) is 5.65 Å². The predicted octanol–water partition coefficient (Wildman–Crippen LogP) is 3.48. The topological polar surface area (TPSA) is 55.1 Å². The smallest absolute Gasteiger partial charge is 0.154 e. The van der Waals surface area contributed by atoms with Crippen LogP contribution in [0.3, 0.4) is 0 Å². The number of alkyl halides is 1. The van der Waals surface area contributed by atoms with Crippen molar-refractivity contribution in [2.45, 2.75) is 37.9 Å². The molecule has 1 aliphatic rings. The SMILES string of the molecule is FC1CCC(Nc2ccc3ncc(-c4ccncc4)n3n2)CC1. The second-order valence-electron chi connectivity index (χ2n) is 5.96. The highest BCUT2D eigenvalue weighted by molar-refractivity contribution is 5.63. The first-order chi connectivity index (χ1) is 11.3. The number of anilines is 1. The number of nitrogens with zero attached hydrogens (tertiary/aromatic N) is 4. The molecule has 0 atom stereocenters. The summed E-state index contributed by atoms with van der Waals surface area (Å²) in [7, 11) is 0. The normalized spacial score (nSPS) is 21.4. The van der Waals surface area contributed by atoms with Crippen LogP contribution in [0, 0.1) is 0 Å². The molecule has 3 aromatic rings. The summed E-state index contributed by atoms with van der Waals surface area (Å²) in [6.45, 7) is 0. The fourth-order valence-corrected chi connectivity index (χ4v) is 3.08. The molecule has 5 nitrogen and oxygen atoms in total. The predicted molar refractivity (Wildman–Crippen MR) is 87.0 cm³/mol. The molecule has 0 radical (unpaired) electrons. The van der Waals surface area contributed by atoms with E-state index in [0.29, 0.717) is 18.9 Å². The molecule has 6 heteroatoms. The van der Waals surface area contributed by atoms with E-state index in [9.17, 15) is 4.39 Å². The molecule has 0 aromatic carbocycles. The first-order valence-corrected chi connectivity index (χ1v) is 7.95. The molecule has 4 rings (SSSR count). The van der Waals surface area contributed by atoms with Crippen molar-refractivity contribution in [3.8, 4) is 11.3 Å². The summed E-state index contributed by atoms with van der Waals surface area (Å²) in [5.74, 6) is 0.799. The van der Waals surface area contributed by atoms with E-state index < -0.39 is 6.17 Å². The lowest BCUT2D eigenvalue weighted by atomic mass is 9.94. The molecule has 23 heavy (non-hydrogen) atoms. The van der Waals surface area contributed by atoms with E-state index in [-0.39, 0.29) is 0 Å². The molecule has 0 spiro atoms. The Kier molecular flexibility index (Phi) is 3.65. The van der Waals surface area contributed by atoms with Gasteiger partial charge in [-0.1, -0.05) is 0 Å². The lowest BCUT2D eigenvalue weighted by molar-refractivity contribution is 0.241. The number of halogens is 1. The maximum atomic E-state index is 13.2. The van der Waals surface area contributed by atoms with Gasteiger partial charge in [-0.2, -0.15) is 0 Å². The van der Waals surface area contributed by atoms with Crippen LogP contribution in [0.4, 0.5) is 10.2 Å². The summed E-state index contributed by atoms with van der Waals surface area (Å²) in [6, 6.07) is 8.04. The first kappa shape index (κ1) is 14.1. The molecule has 0 aliphatic heterocycles. The number of fused-ring (bicyclic) bond motifs is 1. The second-order valence-corrected chi connectivity index (χ2v) is 5.96. The summed E-state index contributed by atoms with van der Waals surface area (Å²) in [5.41, 5.74) is 2.75. The Morgan fingerprint density at radius 2 is 1.83 bits per heavy atom. The molecular formula is C17H18FN5. The molecule has 3 heterocycles. The summed E-state index contributed by atoms with van der Waals surface area (Å²) in [4.78, 5) is 8.44. The minimum absolute atomic E-state index is 0.292. The van der Waals surface area contributed by atoms with Gasteiger partial charge in [-0.3, -0.25) is 4.98 Å². The molecule has 0 unspecified atom stereocenters. The van der Waals surface area contributed by atoms with Gasteiger partial charge in [0.2, 0.25) is 0 Å². The monoisotopic (exact) mass is 311 g/mol. The molecule has 3 aromatic heterocycles. The minimum atomic E-state index is -0.643. The van der Waals surface area contributed by atoms with Crippen LogP contribution >= 0.6 is 0 Å². The Hall–Kier alpha value is -2.50. The molecular weight excluding hydrogens is 293 g/mol. The molecule has 1 fully saturated rings. The quantitative estimate of drug-likeness (QED) is 0.804. The standard InChI is InChI=1S/C17H18FN5/c18-13-1-3-14(4-2-13)21-16-5-6-17-20-11-15(23(17)22-16)12-7-9-19-10-8-12/h5-11,13-14H,1-4H2,(H,21,22). The van der Waals surface area contributed by atoms with Gasteiger partial charge in [0.05, 0.1) is 11.9 Å². The number of hydrogen-bond donors (Lipinski definition) is 1. The van der Waals surface area contributed by atoms with Crippen LogP contribution in [-0.4, -0.2) is 31.8 Å². The Morgan fingerprint density at radius 3 is 2.61 bits per heavy atom. The van der Waals surface area contributed by atoms with Gasteiger partial charge in [-0.05, 0) is 49.9 Å². The van der Waals surface area contributed by atoms with Crippen LogP contribution in [0.5, 0.6) is 0 Å². The Balaban J connectivity index is 1.62. The van der Waals surface area contributed by atoms with Crippen LogP contribution in [-0.2, 0) is 0 Å². The minimum Gasteiger partial charge on any atom is -0.366 e. The highest BCUT2D eigenvalue weighted by atomic mass is 19.1. The van der Waals surface area contributed by atoms with Gasteiger partial charge < -0.3 is 5.32 Å². The fraction of sp³-hybridized carbons (Fsp3) is 0.353. The largest absolute Gasteiger partial charge is 0.366 e. The van der Waals surface area contributed by atoms with E-state index in [1.54, 1.807) is 12.4 Å². The number of pyridine rings is 1. The van der Waals surface area contributed by atoms with E-state index in [0.717, 1.165) is 35.6 Å². The third-order valence-electron chi connectivity index (χ3n) is 4.35. The summed E-state index contributed by atoms with van der Waals surface area (Å²) in [5, 5.41) is 8.08. The van der Waals surface area contributed by atoms with Crippen LogP contribution in [0.1, 0.15) is 25.7 Å². The lowest BCUT2D eigenvalue weighted by Crippen LogP contribution is -2.27. The number of aromatic nitrogens is 4. The number of imidazole rings is 1. The highest BCUT2D eigenvalue weighted by Crippen LogP contribution is 2.24. The number of rotatable bonds is 3. The summed E-state index contributed by atoms with van der Waals surface area (Å²) < 4.78 is 15.1. The van der Waals surface area contributed by atoms with Crippen LogP contribution in [0.2, 0.25) is 0 Å². The third kappa shape index (κ3) is 2.88. The van der Waals surface area contributed by atoms with E-state index in [4.69, 9.17) is 0 Å². The third-order valence-corrected chi connectivity index (χ3v) is 4.35. The Bertz CT molecular complexity index is 793. The van der Waals surface area contributed by atoms with Crippen molar-refractivity contribution in [1.82, 2.24) is 19.6 Å². The van der Waals surface area contributed by atoms with Gasteiger partial charge in [-0.25, -0.2) is 13.9 Å². The van der Waals surface area contributed by atoms with Gasteiger partial charge in [0.1, 0.15) is 12.0 Å². The Labute approximate surface area is 133 Å². The van der Waals surface area contributed by atoms with Crippen molar-refractivity contribution >= 4 is 11.5 Å². The van der Waals surface area contributed by atoms with Crippen LogP contribution < -0.4 is 5.32 Å². The van der Waals surface area contributed by atoms with Crippen molar-refractivity contribution in [3.63, 3.8) is 0 Å².